The van der Waals surface area contributed by atoms with Gasteiger partial charge in [0.1, 0.15) is 5.82 Å². The smallest absolute Gasteiger partial charge is 0.162 e. The summed E-state index contributed by atoms with van der Waals surface area (Å²) in [5.74, 6) is 0.920. The van der Waals surface area contributed by atoms with Gasteiger partial charge in [-0.1, -0.05) is 0 Å². The average Bonchev–Trinajstić information content (AvgIpc) is 2.72. The third-order valence-corrected chi connectivity index (χ3v) is 2.94. The molecule has 3 rings (SSSR count). The molecule has 2 aromatic heterocycles. The van der Waals surface area contributed by atoms with E-state index >= 15 is 0 Å². The van der Waals surface area contributed by atoms with Crippen LogP contribution in [0.25, 0.3) is 5.65 Å². The summed E-state index contributed by atoms with van der Waals surface area (Å²) < 4.78 is 7.33. The lowest BCUT2D eigenvalue weighted by Crippen LogP contribution is -2.36. The van der Waals surface area contributed by atoms with E-state index in [9.17, 15) is 0 Å². The SMILES string of the molecule is Cc1nnc2cc(N3CCOCC3)ccn12. The molecule has 0 amide bonds. The lowest BCUT2D eigenvalue weighted by atomic mass is 10.3. The number of nitrogens with zero attached hydrogens (tertiary/aromatic N) is 4. The molecule has 1 aliphatic rings. The number of aryl methyl sites for hydroxylation is 1. The van der Waals surface area contributed by atoms with Crippen LogP contribution >= 0.6 is 0 Å². The Morgan fingerprint density at radius 2 is 2.06 bits per heavy atom. The third kappa shape index (κ3) is 1.53. The number of anilines is 1. The minimum absolute atomic E-state index is 0.802. The van der Waals surface area contributed by atoms with Gasteiger partial charge < -0.3 is 9.64 Å². The van der Waals surface area contributed by atoms with Crippen molar-refractivity contribution in [2.45, 2.75) is 6.92 Å². The molecule has 5 nitrogen and oxygen atoms in total. The third-order valence-electron chi connectivity index (χ3n) is 2.94. The van der Waals surface area contributed by atoms with Crippen LogP contribution in [0.5, 0.6) is 0 Å². The lowest BCUT2D eigenvalue weighted by Gasteiger charge is -2.28. The van der Waals surface area contributed by atoms with Gasteiger partial charge in [-0.3, -0.25) is 4.40 Å². The minimum Gasteiger partial charge on any atom is -0.378 e. The maximum atomic E-state index is 5.34. The summed E-state index contributed by atoms with van der Waals surface area (Å²) in [6, 6.07) is 4.18. The van der Waals surface area contributed by atoms with E-state index in [0.29, 0.717) is 0 Å². The van der Waals surface area contributed by atoms with E-state index in [0.717, 1.165) is 37.8 Å². The molecule has 1 aliphatic heterocycles. The number of aromatic nitrogens is 3. The molecular formula is C11H14N4O. The quantitative estimate of drug-likeness (QED) is 0.712. The van der Waals surface area contributed by atoms with Crippen LogP contribution in [0.2, 0.25) is 0 Å². The summed E-state index contributed by atoms with van der Waals surface area (Å²) >= 11 is 0. The van der Waals surface area contributed by atoms with Gasteiger partial charge in [0.15, 0.2) is 5.65 Å². The summed E-state index contributed by atoms with van der Waals surface area (Å²) in [5.41, 5.74) is 2.10. The Hall–Kier alpha value is -1.62. The second-order valence-electron chi connectivity index (χ2n) is 3.96. The maximum absolute atomic E-state index is 5.34. The summed E-state index contributed by atoms with van der Waals surface area (Å²) in [7, 11) is 0. The van der Waals surface area contributed by atoms with Crippen molar-refractivity contribution in [3.05, 3.63) is 24.2 Å². The molecule has 2 aromatic rings. The van der Waals surface area contributed by atoms with Gasteiger partial charge >= 0.3 is 0 Å². The Morgan fingerprint density at radius 3 is 2.88 bits per heavy atom. The molecule has 1 saturated heterocycles. The zero-order valence-electron chi connectivity index (χ0n) is 9.26. The Kier molecular flexibility index (Phi) is 2.25. The first-order valence-electron chi connectivity index (χ1n) is 5.49. The predicted molar refractivity (Wildman–Crippen MR) is 60.8 cm³/mol. The zero-order valence-corrected chi connectivity index (χ0v) is 9.26. The summed E-state index contributed by atoms with van der Waals surface area (Å²) in [5, 5.41) is 8.18. The highest BCUT2D eigenvalue weighted by Crippen LogP contribution is 2.17. The molecular weight excluding hydrogens is 204 g/mol. The Morgan fingerprint density at radius 1 is 1.25 bits per heavy atom. The molecule has 0 N–H and O–H groups in total. The fourth-order valence-corrected chi connectivity index (χ4v) is 2.02. The molecule has 1 fully saturated rings. The molecule has 0 saturated carbocycles. The van der Waals surface area contributed by atoms with Gasteiger partial charge in [-0.05, 0) is 13.0 Å². The van der Waals surface area contributed by atoms with Gasteiger partial charge in [0.2, 0.25) is 0 Å². The van der Waals surface area contributed by atoms with Crippen LogP contribution in [-0.2, 0) is 4.74 Å². The molecule has 0 aliphatic carbocycles. The Bertz CT molecular complexity index is 502. The summed E-state index contributed by atoms with van der Waals surface area (Å²) in [6.45, 7) is 5.45. The van der Waals surface area contributed by atoms with Crippen LogP contribution in [0.15, 0.2) is 18.3 Å². The van der Waals surface area contributed by atoms with Crippen molar-refractivity contribution in [1.82, 2.24) is 14.6 Å². The highest BCUT2D eigenvalue weighted by Gasteiger charge is 2.12. The molecule has 5 heteroatoms. The van der Waals surface area contributed by atoms with E-state index in [2.05, 4.69) is 27.2 Å². The Labute approximate surface area is 93.6 Å². The predicted octanol–water partition coefficient (Wildman–Crippen LogP) is 0.874. The zero-order chi connectivity index (χ0) is 11.0. The number of hydrogen-bond donors (Lipinski definition) is 0. The standard InChI is InChI=1S/C11H14N4O/c1-9-12-13-11-8-10(2-3-15(9)11)14-4-6-16-7-5-14/h2-3,8H,4-7H2,1H3. The topological polar surface area (TPSA) is 42.7 Å². The van der Waals surface area contributed by atoms with Crippen LogP contribution in [0, 0.1) is 6.92 Å². The fraction of sp³-hybridized carbons (Fsp3) is 0.455. The second kappa shape index (κ2) is 3.75. The molecule has 0 radical (unpaired) electrons. The van der Waals surface area contributed by atoms with Gasteiger partial charge in [0.05, 0.1) is 13.2 Å². The highest BCUT2D eigenvalue weighted by molar-refractivity contribution is 5.56. The van der Waals surface area contributed by atoms with E-state index in [1.807, 2.05) is 17.5 Å². The molecule has 0 spiro atoms. The van der Waals surface area contributed by atoms with Gasteiger partial charge in [0, 0.05) is 31.0 Å². The van der Waals surface area contributed by atoms with E-state index < -0.39 is 0 Å². The van der Waals surface area contributed by atoms with Crippen LogP contribution in [0.3, 0.4) is 0 Å². The average molecular weight is 218 g/mol. The van der Waals surface area contributed by atoms with Crippen molar-refractivity contribution in [1.29, 1.82) is 0 Å². The van der Waals surface area contributed by atoms with Gasteiger partial charge in [-0.25, -0.2) is 0 Å². The van der Waals surface area contributed by atoms with Crippen molar-refractivity contribution in [2.75, 3.05) is 31.2 Å². The fourth-order valence-electron chi connectivity index (χ4n) is 2.02. The van der Waals surface area contributed by atoms with Crippen LogP contribution in [0.4, 0.5) is 5.69 Å². The normalized spacial score (nSPS) is 16.9. The number of morpholine rings is 1. The monoisotopic (exact) mass is 218 g/mol. The van der Waals surface area contributed by atoms with Gasteiger partial charge in [-0.2, -0.15) is 0 Å². The van der Waals surface area contributed by atoms with Crippen LogP contribution < -0.4 is 4.90 Å². The molecule has 16 heavy (non-hydrogen) atoms. The van der Waals surface area contributed by atoms with Crippen LogP contribution in [-0.4, -0.2) is 40.9 Å². The molecule has 3 heterocycles. The highest BCUT2D eigenvalue weighted by atomic mass is 16.5. The number of fused-ring (bicyclic) bond motifs is 1. The molecule has 0 atom stereocenters. The molecule has 0 aromatic carbocycles. The number of pyridine rings is 1. The van der Waals surface area contributed by atoms with Crippen molar-refractivity contribution >= 4 is 11.3 Å². The summed E-state index contributed by atoms with van der Waals surface area (Å²) in [6.07, 6.45) is 2.02. The van der Waals surface area contributed by atoms with E-state index in [1.54, 1.807) is 0 Å². The lowest BCUT2D eigenvalue weighted by molar-refractivity contribution is 0.122. The molecule has 0 bridgehead atoms. The first-order valence-corrected chi connectivity index (χ1v) is 5.49. The van der Waals surface area contributed by atoms with E-state index in [-0.39, 0.29) is 0 Å². The molecule has 84 valence electrons. The largest absolute Gasteiger partial charge is 0.378 e. The summed E-state index contributed by atoms with van der Waals surface area (Å²) in [4.78, 5) is 2.31. The first kappa shape index (κ1) is 9.59. The number of ether oxygens (including phenoxy) is 1. The van der Waals surface area contributed by atoms with Gasteiger partial charge in [0.25, 0.3) is 0 Å². The first-order chi connectivity index (χ1) is 7.84. The number of hydrogen-bond acceptors (Lipinski definition) is 4. The minimum atomic E-state index is 0.802. The Balaban J connectivity index is 1.97. The van der Waals surface area contributed by atoms with Crippen molar-refractivity contribution < 1.29 is 4.74 Å². The second-order valence-corrected chi connectivity index (χ2v) is 3.96. The van der Waals surface area contributed by atoms with Crippen LogP contribution in [0.1, 0.15) is 5.82 Å². The van der Waals surface area contributed by atoms with E-state index in [4.69, 9.17) is 4.74 Å². The van der Waals surface area contributed by atoms with Crippen molar-refractivity contribution in [2.24, 2.45) is 0 Å². The maximum Gasteiger partial charge on any atom is 0.162 e. The van der Waals surface area contributed by atoms with Gasteiger partial charge in [-0.15, -0.1) is 10.2 Å². The van der Waals surface area contributed by atoms with E-state index in [1.165, 1.54) is 5.69 Å². The molecule has 0 unspecified atom stereocenters. The van der Waals surface area contributed by atoms with Crippen molar-refractivity contribution in [3.8, 4) is 0 Å². The number of rotatable bonds is 1. The van der Waals surface area contributed by atoms with Crippen molar-refractivity contribution in [3.63, 3.8) is 0 Å².